The second-order valence-electron chi connectivity index (χ2n) is 5.23. The lowest BCUT2D eigenvalue weighted by atomic mass is 10.1. The zero-order chi connectivity index (χ0) is 19.2. The van der Waals surface area contributed by atoms with Gasteiger partial charge in [0.25, 0.3) is 0 Å². The molecule has 2 aromatic rings. The Morgan fingerprint density at radius 2 is 1.77 bits per heavy atom. The van der Waals surface area contributed by atoms with E-state index < -0.39 is 22.0 Å². The Hall–Kier alpha value is -2.58. The van der Waals surface area contributed by atoms with Gasteiger partial charge in [-0.3, -0.25) is 0 Å². The summed E-state index contributed by atoms with van der Waals surface area (Å²) in [7, 11) is -1.31. The van der Waals surface area contributed by atoms with Crippen LogP contribution in [0.3, 0.4) is 0 Å². The monoisotopic (exact) mass is 379 g/mol. The number of carbonyl (C=O) groups is 1. The molecule has 0 aromatic heterocycles. The summed E-state index contributed by atoms with van der Waals surface area (Å²) in [5, 5.41) is 0. The highest BCUT2D eigenvalue weighted by Gasteiger charge is 2.30. The molecule has 7 nitrogen and oxygen atoms in total. The number of esters is 1. The van der Waals surface area contributed by atoms with E-state index in [-0.39, 0.29) is 17.3 Å². The molecule has 2 rings (SSSR count). The van der Waals surface area contributed by atoms with E-state index in [9.17, 15) is 13.2 Å². The Morgan fingerprint density at radius 1 is 1.08 bits per heavy atom. The van der Waals surface area contributed by atoms with Crippen LogP contribution in [-0.2, 0) is 19.6 Å². The fraction of sp³-hybridized carbons (Fsp3) is 0.278. The summed E-state index contributed by atoms with van der Waals surface area (Å²) in [6.07, 6.45) is 0. The van der Waals surface area contributed by atoms with Crippen LogP contribution in [0, 0.1) is 0 Å². The van der Waals surface area contributed by atoms with Crippen molar-refractivity contribution in [3.63, 3.8) is 0 Å². The number of hydrogen-bond donors (Lipinski definition) is 1. The third-order valence-corrected chi connectivity index (χ3v) is 5.03. The third kappa shape index (κ3) is 4.53. The molecule has 1 N–H and O–H groups in total. The second-order valence-corrected chi connectivity index (χ2v) is 6.92. The molecule has 0 radical (unpaired) electrons. The molecule has 0 saturated carbocycles. The van der Waals surface area contributed by atoms with Crippen LogP contribution in [0.25, 0.3) is 0 Å². The van der Waals surface area contributed by atoms with E-state index >= 15 is 0 Å². The summed E-state index contributed by atoms with van der Waals surface area (Å²) in [6.45, 7) is 1.78. The summed E-state index contributed by atoms with van der Waals surface area (Å²) >= 11 is 0. The average Bonchev–Trinajstić information content (AvgIpc) is 2.66. The highest BCUT2D eigenvalue weighted by molar-refractivity contribution is 7.89. The van der Waals surface area contributed by atoms with Crippen molar-refractivity contribution in [3.05, 3.63) is 54.1 Å². The van der Waals surface area contributed by atoms with Crippen LogP contribution < -0.4 is 14.2 Å². The maximum atomic E-state index is 12.9. The predicted octanol–water partition coefficient (Wildman–Crippen LogP) is 2.29. The zero-order valence-electron chi connectivity index (χ0n) is 14.8. The van der Waals surface area contributed by atoms with E-state index in [1.54, 1.807) is 43.3 Å². The van der Waals surface area contributed by atoms with Crippen LogP contribution in [0.15, 0.2) is 53.4 Å². The topological polar surface area (TPSA) is 90.9 Å². The quantitative estimate of drug-likeness (QED) is 0.708. The van der Waals surface area contributed by atoms with Gasteiger partial charge in [-0.05, 0) is 24.6 Å². The Labute approximate surface area is 152 Å². The van der Waals surface area contributed by atoms with Gasteiger partial charge in [0, 0.05) is 6.07 Å². The van der Waals surface area contributed by atoms with Crippen molar-refractivity contribution in [2.24, 2.45) is 0 Å². The van der Waals surface area contributed by atoms with Crippen LogP contribution in [0.2, 0.25) is 0 Å². The van der Waals surface area contributed by atoms with Gasteiger partial charge in [0.1, 0.15) is 22.4 Å². The van der Waals surface area contributed by atoms with Crippen LogP contribution in [0.1, 0.15) is 18.5 Å². The lowest BCUT2D eigenvalue weighted by Crippen LogP contribution is -2.35. The van der Waals surface area contributed by atoms with Crippen molar-refractivity contribution in [2.75, 3.05) is 20.8 Å². The molecule has 0 aliphatic rings. The minimum absolute atomic E-state index is 0.131. The van der Waals surface area contributed by atoms with E-state index in [0.29, 0.717) is 11.3 Å². The fourth-order valence-electron chi connectivity index (χ4n) is 2.34. The molecule has 0 amide bonds. The van der Waals surface area contributed by atoms with E-state index in [2.05, 4.69) is 4.72 Å². The van der Waals surface area contributed by atoms with Gasteiger partial charge in [-0.2, -0.15) is 4.72 Å². The molecule has 0 aliphatic heterocycles. The molecular formula is C18H21NO6S. The number of methoxy groups -OCH3 is 2. The van der Waals surface area contributed by atoms with Gasteiger partial charge >= 0.3 is 5.97 Å². The minimum Gasteiger partial charge on any atom is -0.497 e. The van der Waals surface area contributed by atoms with Crippen molar-refractivity contribution in [1.29, 1.82) is 0 Å². The molecule has 0 unspecified atom stereocenters. The SMILES string of the molecule is CCOC(=O)[C@H](NS(=O)(=O)c1cc(OC)ccc1OC)c1ccccc1. The molecule has 140 valence electrons. The van der Waals surface area contributed by atoms with Gasteiger partial charge in [0.15, 0.2) is 0 Å². The average molecular weight is 379 g/mol. The smallest absolute Gasteiger partial charge is 0.328 e. The maximum absolute atomic E-state index is 12.9. The summed E-state index contributed by atoms with van der Waals surface area (Å²) < 4.78 is 43.5. The van der Waals surface area contributed by atoms with Crippen molar-refractivity contribution < 1.29 is 27.4 Å². The molecule has 1 atom stereocenters. The number of rotatable bonds is 8. The van der Waals surface area contributed by atoms with Crippen LogP contribution in [0.4, 0.5) is 0 Å². The highest BCUT2D eigenvalue weighted by atomic mass is 32.2. The van der Waals surface area contributed by atoms with E-state index in [0.717, 1.165) is 0 Å². The van der Waals surface area contributed by atoms with Gasteiger partial charge in [-0.25, -0.2) is 13.2 Å². The number of benzene rings is 2. The first-order valence-corrected chi connectivity index (χ1v) is 9.37. The molecule has 0 saturated heterocycles. The van der Waals surface area contributed by atoms with E-state index in [4.69, 9.17) is 14.2 Å². The maximum Gasteiger partial charge on any atom is 0.328 e. The van der Waals surface area contributed by atoms with Crippen molar-refractivity contribution in [2.45, 2.75) is 17.9 Å². The second kappa shape index (κ2) is 8.68. The predicted molar refractivity (Wildman–Crippen MR) is 95.7 cm³/mol. The fourth-order valence-corrected chi connectivity index (χ4v) is 3.69. The van der Waals surface area contributed by atoms with E-state index in [1.807, 2.05) is 0 Å². The number of nitrogens with one attached hydrogen (secondary N) is 1. The molecule has 0 aliphatic carbocycles. The Morgan fingerprint density at radius 3 is 2.35 bits per heavy atom. The molecule has 8 heteroatoms. The summed E-state index contributed by atoms with van der Waals surface area (Å²) in [6, 6.07) is 11.7. The van der Waals surface area contributed by atoms with Crippen molar-refractivity contribution in [3.8, 4) is 11.5 Å². The van der Waals surface area contributed by atoms with Crippen LogP contribution in [0.5, 0.6) is 11.5 Å². The van der Waals surface area contributed by atoms with Gasteiger partial charge in [-0.15, -0.1) is 0 Å². The zero-order valence-corrected chi connectivity index (χ0v) is 15.6. The van der Waals surface area contributed by atoms with Crippen molar-refractivity contribution in [1.82, 2.24) is 4.72 Å². The van der Waals surface area contributed by atoms with Gasteiger partial charge < -0.3 is 14.2 Å². The summed E-state index contributed by atoms with van der Waals surface area (Å²) in [5.41, 5.74) is 0.469. The molecule has 2 aromatic carbocycles. The molecular weight excluding hydrogens is 358 g/mol. The summed E-state index contributed by atoms with van der Waals surface area (Å²) in [4.78, 5) is 12.2. The molecule has 26 heavy (non-hydrogen) atoms. The first-order chi connectivity index (χ1) is 12.4. The molecule has 0 spiro atoms. The Balaban J connectivity index is 2.45. The number of carbonyl (C=O) groups excluding carboxylic acids is 1. The van der Waals surface area contributed by atoms with Crippen LogP contribution >= 0.6 is 0 Å². The molecule has 0 heterocycles. The Bertz CT molecular complexity index is 851. The lowest BCUT2D eigenvalue weighted by molar-refractivity contribution is -0.145. The normalized spacial score (nSPS) is 12.3. The molecule has 0 fully saturated rings. The first-order valence-electron chi connectivity index (χ1n) is 7.89. The van der Waals surface area contributed by atoms with Gasteiger partial charge in [-0.1, -0.05) is 30.3 Å². The van der Waals surface area contributed by atoms with Gasteiger partial charge in [0.2, 0.25) is 10.0 Å². The van der Waals surface area contributed by atoms with Crippen molar-refractivity contribution >= 4 is 16.0 Å². The Kier molecular flexibility index (Phi) is 6.59. The minimum atomic E-state index is -4.10. The largest absolute Gasteiger partial charge is 0.497 e. The van der Waals surface area contributed by atoms with Crippen LogP contribution in [-0.4, -0.2) is 35.2 Å². The van der Waals surface area contributed by atoms with E-state index in [1.165, 1.54) is 26.4 Å². The number of hydrogen-bond acceptors (Lipinski definition) is 6. The molecule has 0 bridgehead atoms. The summed E-state index contributed by atoms with van der Waals surface area (Å²) in [5.74, 6) is -0.211. The standard InChI is InChI=1S/C18H21NO6S/c1-4-25-18(20)17(13-8-6-5-7-9-13)19-26(21,22)16-12-14(23-2)10-11-15(16)24-3/h5-12,17,19H,4H2,1-3H3/t17-/m1/s1. The number of sulfonamides is 1. The number of ether oxygens (including phenoxy) is 3. The lowest BCUT2D eigenvalue weighted by Gasteiger charge is -2.19. The highest BCUT2D eigenvalue weighted by Crippen LogP contribution is 2.29. The first kappa shape index (κ1) is 19.7. The van der Waals surface area contributed by atoms with Gasteiger partial charge in [0.05, 0.1) is 20.8 Å². The third-order valence-electron chi connectivity index (χ3n) is 3.59.